The average Bonchev–Trinajstić information content (AvgIpc) is 2.60. The van der Waals surface area contributed by atoms with Crippen LogP contribution in [0.3, 0.4) is 0 Å². The van der Waals surface area contributed by atoms with E-state index in [-0.39, 0.29) is 41.7 Å². The molecule has 29 heavy (non-hydrogen) atoms. The van der Waals surface area contributed by atoms with E-state index in [9.17, 15) is 19.2 Å². The van der Waals surface area contributed by atoms with Crippen molar-refractivity contribution in [1.82, 2.24) is 5.32 Å². The maximum Gasteiger partial charge on any atom is 0.308 e. The van der Waals surface area contributed by atoms with Gasteiger partial charge in [-0.25, -0.2) is 0 Å². The number of hydrogen-bond acceptors (Lipinski definition) is 7. The number of ether oxygens (including phenoxy) is 2. The van der Waals surface area contributed by atoms with Gasteiger partial charge in [0, 0.05) is 17.4 Å². The third kappa shape index (κ3) is 14.5. The molecule has 2 atom stereocenters. The zero-order chi connectivity index (χ0) is 22.6. The van der Waals surface area contributed by atoms with Crippen LogP contribution in [0, 0.1) is 11.8 Å². The van der Waals surface area contributed by atoms with Gasteiger partial charge < -0.3 is 14.8 Å². The monoisotopic (exact) mass is 495 g/mol. The number of esters is 2. The molecule has 0 radical (unpaired) electrons. The molecule has 0 fully saturated rings. The van der Waals surface area contributed by atoms with E-state index < -0.39 is 17.6 Å². The van der Waals surface area contributed by atoms with Crippen LogP contribution < -0.4 is 5.32 Å². The predicted octanol–water partition coefficient (Wildman–Crippen LogP) is 3.13. The van der Waals surface area contributed by atoms with Crippen molar-refractivity contribution in [2.24, 2.45) is 11.8 Å². The molecule has 0 aliphatic carbocycles. The Morgan fingerprint density at radius 3 is 2.21 bits per heavy atom. The Morgan fingerprint density at radius 1 is 1.07 bits per heavy atom. The molecule has 9 heteroatoms. The number of amides is 1. The van der Waals surface area contributed by atoms with Crippen molar-refractivity contribution in [2.45, 2.75) is 66.0 Å². The highest BCUT2D eigenvalue weighted by molar-refractivity contribution is 9.09. The second-order valence-corrected chi connectivity index (χ2v) is 9.97. The minimum Gasteiger partial charge on any atom is -0.465 e. The van der Waals surface area contributed by atoms with Crippen molar-refractivity contribution in [3.8, 4) is 0 Å². The van der Waals surface area contributed by atoms with E-state index in [2.05, 4.69) is 21.2 Å². The van der Waals surface area contributed by atoms with Gasteiger partial charge in [0.25, 0.3) is 0 Å². The molecular weight excluding hydrogens is 462 g/mol. The highest BCUT2D eigenvalue weighted by Gasteiger charge is 2.27. The van der Waals surface area contributed by atoms with Crippen molar-refractivity contribution >= 4 is 51.3 Å². The quantitative estimate of drug-likeness (QED) is 0.238. The number of Topliss-reactive ketones (excluding diaryl/α,β-unsaturated/α-hetero) is 1. The second-order valence-electron chi connectivity index (χ2n) is 8.25. The molecule has 0 rings (SSSR count). The fourth-order valence-corrected chi connectivity index (χ4v) is 3.40. The van der Waals surface area contributed by atoms with Gasteiger partial charge in [-0.3, -0.25) is 19.2 Å². The Labute approximate surface area is 186 Å². The molecule has 2 unspecified atom stereocenters. The third-order valence-electron chi connectivity index (χ3n) is 3.47. The largest absolute Gasteiger partial charge is 0.465 e. The van der Waals surface area contributed by atoms with E-state index in [1.165, 1.54) is 11.8 Å². The predicted molar refractivity (Wildman–Crippen MR) is 118 cm³/mol. The third-order valence-corrected chi connectivity index (χ3v) is 5.25. The minimum absolute atomic E-state index is 0.0301. The van der Waals surface area contributed by atoms with Crippen molar-refractivity contribution in [3.63, 3.8) is 0 Å². The number of halogens is 1. The summed E-state index contributed by atoms with van der Waals surface area (Å²) in [5.74, 6) is -0.439. The van der Waals surface area contributed by atoms with E-state index in [4.69, 9.17) is 9.47 Å². The highest BCUT2D eigenvalue weighted by atomic mass is 79.9. The molecule has 0 saturated carbocycles. The van der Waals surface area contributed by atoms with Crippen LogP contribution in [0.5, 0.6) is 0 Å². The van der Waals surface area contributed by atoms with Gasteiger partial charge in [-0.15, -0.1) is 0 Å². The van der Waals surface area contributed by atoms with E-state index in [0.29, 0.717) is 24.0 Å². The van der Waals surface area contributed by atoms with Gasteiger partial charge in [0.2, 0.25) is 5.91 Å². The van der Waals surface area contributed by atoms with Crippen LogP contribution in [0.2, 0.25) is 0 Å². The Hall–Kier alpha value is -1.09. The normalized spacial score (nSPS) is 13.5. The number of alkyl halides is 1. The summed E-state index contributed by atoms with van der Waals surface area (Å²) in [6, 6.07) is -0.935. The van der Waals surface area contributed by atoms with E-state index in [0.717, 1.165) is 0 Å². The molecule has 0 aromatic rings. The van der Waals surface area contributed by atoms with E-state index >= 15 is 0 Å². The first-order valence-corrected chi connectivity index (χ1v) is 12.0. The summed E-state index contributed by atoms with van der Waals surface area (Å²) in [4.78, 5) is 48.1. The average molecular weight is 496 g/mol. The lowest BCUT2D eigenvalue weighted by atomic mass is 10.1. The molecule has 0 spiro atoms. The molecule has 0 aliphatic rings. The molecule has 0 saturated heterocycles. The standard InChI is InChI=1S/C20H34BrNO6S/c1-13(2)11-27-17(24)7-8-29-12-14(3)19(26)22-15(16(23)10-21)9-18(25)28-20(4,5)6/h13-15H,7-12H2,1-6H3,(H,22,26). The zero-order valence-corrected chi connectivity index (χ0v) is 20.6. The molecule has 0 heterocycles. The van der Waals surface area contributed by atoms with E-state index in [1.54, 1.807) is 27.7 Å². The Kier molecular flexibility index (Phi) is 13.5. The molecule has 1 amide bonds. The Morgan fingerprint density at radius 2 is 1.69 bits per heavy atom. The number of hydrogen-bond donors (Lipinski definition) is 1. The van der Waals surface area contributed by atoms with Gasteiger partial charge in [0.15, 0.2) is 5.78 Å². The van der Waals surface area contributed by atoms with Crippen molar-refractivity contribution in [1.29, 1.82) is 0 Å². The summed E-state index contributed by atoms with van der Waals surface area (Å²) in [5.41, 5.74) is -0.663. The summed E-state index contributed by atoms with van der Waals surface area (Å²) in [6.07, 6.45) is 0.0735. The number of thioether (sulfide) groups is 1. The molecule has 168 valence electrons. The fraction of sp³-hybridized carbons (Fsp3) is 0.800. The lowest BCUT2D eigenvalue weighted by molar-refractivity contribution is -0.156. The minimum atomic E-state index is -0.935. The molecular formula is C20H34BrNO6S. The van der Waals surface area contributed by atoms with Gasteiger partial charge in [-0.05, 0) is 26.7 Å². The maximum absolute atomic E-state index is 12.4. The summed E-state index contributed by atoms with van der Waals surface area (Å²) >= 11 is 4.55. The van der Waals surface area contributed by atoms with Crippen LogP contribution in [0.15, 0.2) is 0 Å². The first kappa shape index (κ1) is 27.9. The van der Waals surface area contributed by atoms with Gasteiger partial charge in [-0.1, -0.05) is 36.7 Å². The number of carbonyl (C=O) groups excluding carboxylic acids is 4. The van der Waals surface area contributed by atoms with Gasteiger partial charge >= 0.3 is 11.9 Å². The van der Waals surface area contributed by atoms with Crippen LogP contribution in [-0.2, 0) is 28.7 Å². The maximum atomic E-state index is 12.4. The lowest BCUT2D eigenvalue weighted by Gasteiger charge is -2.23. The zero-order valence-electron chi connectivity index (χ0n) is 18.2. The summed E-state index contributed by atoms with van der Waals surface area (Å²) in [7, 11) is 0. The first-order chi connectivity index (χ1) is 13.4. The number of carbonyl (C=O) groups is 4. The van der Waals surface area contributed by atoms with Gasteiger partial charge in [0.1, 0.15) is 5.60 Å². The van der Waals surface area contributed by atoms with Crippen molar-refractivity contribution < 1.29 is 28.7 Å². The van der Waals surface area contributed by atoms with Crippen molar-refractivity contribution in [3.05, 3.63) is 0 Å². The molecule has 0 aromatic heterocycles. The summed E-state index contributed by atoms with van der Waals surface area (Å²) in [5, 5.41) is 2.67. The number of rotatable bonds is 13. The fourth-order valence-electron chi connectivity index (χ4n) is 2.03. The Bertz CT molecular complexity index is 562. The summed E-state index contributed by atoms with van der Waals surface area (Å²) in [6.45, 7) is 11.3. The van der Waals surface area contributed by atoms with E-state index in [1.807, 2.05) is 13.8 Å². The molecule has 0 aliphatic heterocycles. The molecule has 0 bridgehead atoms. The SMILES string of the molecule is CC(C)COC(=O)CCSCC(C)C(=O)NC(CC(=O)OC(C)(C)C)C(=O)CBr. The van der Waals surface area contributed by atoms with Crippen LogP contribution in [0.25, 0.3) is 0 Å². The van der Waals surface area contributed by atoms with Crippen molar-refractivity contribution in [2.75, 3.05) is 23.4 Å². The van der Waals surface area contributed by atoms with Gasteiger partial charge in [0.05, 0.1) is 30.8 Å². The van der Waals surface area contributed by atoms with Gasteiger partial charge in [-0.2, -0.15) is 11.8 Å². The number of ketones is 1. The van der Waals surface area contributed by atoms with Crippen LogP contribution in [0.4, 0.5) is 0 Å². The molecule has 7 nitrogen and oxygen atoms in total. The van der Waals surface area contributed by atoms with Crippen LogP contribution in [0.1, 0.15) is 54.4 Å². The lowest BCUT2D eigenvalue weighted by Crippen LogP contribution is -2.46. The Balaban J connectivity index is 4.45. The molecule has 0 aromatic carbocycles. The first-order valence-electron chi connectivity index (χ1n) is 9.70. The van der Waals surface area contributed by atoms with Crippen LogP contribution in [-0.4, -0.2) is 58.7 Å². The topological polar surface area (TPSA) is 98.8 Å². The van der Waals surface area contributed by atoms with Crippen LogP contribution >= 0.6 is 27.7 Å². The second kappa shape index (κ2) is 14.0. The highest BCUT2D eigenvalue weighted by Crippen LogP contribution is 2.13. The smallest absolute Gasteiger partial charge is 0.308 e. The molecule has 1 N–H and O–H groups in total. The number of nitrogens with one attached hydrogen (secondary N) is 1. The summed E-state index contributed by atoms with van der Waals surface area (Å²) < 4.78 is 10.3.